The zero-order valence-electron chi connectivity index (χ0n) is 7.89. The van der Waals surface area contributed by atoms with Crippen LogP contribution < -0.4 is 5.32 Å². The van der Waals surface area contributed by atoms with Crippen molar-refractivity contribution in [1.82, 2.24) is 4.98 Å². The molecule has 14 heavy (non-hydrogen) atoms. The molecule has 0 aliphatic rings. The van der Waals surface area contributed by atoms with Gasteiger partial charge < -0.3 is 5.32 Å². The minimum atomic E-state index is 1.03. The molecule has 0 saturated carbocycles. The van der Waals surface area contributed by atoms with Gasteiger partial charge in [-0.2, -0.15) is 0 Å². The molecule has 0 aliphatic heterocycles. The Kier molecular flexibility index (Phi) is 3.27. The first-order valence-electron chi connectivity index (χ1n) is 4.68. The highest BCUT2D eigenvalue weighted by Crippen LogP contribution is 2.05. The van der Waals surface area contributed by atoms with Crippen molar-refractivity contribution >= 4 is 11.3 Å². The second-order valence-electron chi connectivity index (χ2n) is 3.13. The van der Waals surface area contributed by atoms with E-state index in [0.29, 0.717) is 0 Å². The number of aromatic nitrogens is 1. The summed E-state index contributed by atoms with van der Waals surface area (Å²) < 4.78 is 0. The van der Waals surface area contributed by atoms with Crippen LogP contribution in [0.1, 0.15) is 10.4 Å². The van der Waals surface area contributed by atoms with Crippen LogP contribution >= 0.6 is 11.3 Å². The minimum Gasteiger partial charge on any atom is -0.338 e. The first kappa shape index (κ1) is 9.37. The van der Waals surface area contributed by atoms with E-state index in [1.54, 1.807) is 0 Å². The molecule has 0 spiro atoms. The fraction of sp³-hybridized carbons (Fsp3) is 0.182. The summed E-state index contributed by atoms with van der Waals surface area (Å²) in [5.41, 5.74) is 1.33. The van der Waals surface area contributed by atoms with Crippen LogP contribution in [0.2, 0.25) is 0 Å². The van der Waals surface area contributed by atoms with Gasteiger partial charge in [-0.1, -0.05) is 6.07 Å². The Labute approximate surface area is 87.6 Å². The van der Waals surface area contributed by atoms with Gasteiger partial charge >= 0.3 is 0 Å². The number of hydrogen-bond donors (Lipinski definition) is 1. The fourth-order valence-corrected chi connectivity index (χ4v) is 2.03. The standard InChI is InChI=1S/C11H12N2S/c1-2-11(14-7-1)9-13-8-10-3-5-12-6-4-10/h1-7,13H,8-9H2/p+1. The van der Waals surface area contributed by atoms with Gasteiger partial charge in [0.25, 0.3) is 0 Å². The molecule has 0 atom stereocenters. The molecule has 2 aromatic heterocycles. The Hall–Kier alpha value is -1.19. The van der Waals surface area contributed by atoms with Gasteiger partial charge in [-0.15, -0.1) is 11.3 Å². The van der Waals surface area contributed by atoms with E-state index >= 15 is 0 Å². The van der Waals surface area contributed by atoms with Crippen molar-refractivity contribution in [3.05, 3.63) is 52.5 Å². The van der Waals surface area contributed by atoms with Crippen molar-refractivity contribution in [2.45, 2.75) is 13.1 Å². The van der Waals surface area contributed by atoms with E-state index in [2.05, 4.69) is 39.9 Å². The fourth-order valence-electron chi connectivity index (χ4n) is 1.33. The van der Waals surface area contributed by atoms with Crippen molar-refractivity contribution in [1.29, 1.82) is 0 Å². The maximum Gasteiger partial charge on any atom is 0.111 e. The molecule has 2 N–H and O–H groups in total. The molecule has 0 bridgehead atoms. The zero-order chi connectivity index (χ0) is 9.64. The van der Waals surface area contributed by atoms with Crippen molar-refractivity contribution in [3.63, 3.8) is 0 Å². The number of rotatable bonds is 4. The summed E-state index contributed by atoms with van der Waals surface area (Å²) in [5, 5.41) is 4.43. The van der Waals surface area contributed by atoms with Crippen molar-refractivity contribution < 1.29 is 5.32 Å². The number of pyridine rings is 1. The Morgan fingerprint density at radius 3 is 2.71 bits per heavy atom. The second kappa shape index (κ2) is 4.88. The summed E-state index contributed by atoms with van der Waals surface area (Å²) in [6.45, 7) is 2.10. The smallest absolute Gasteiger partial charge is 0.111 e. The van der Waals surface area contributed by atoms with Crippen LogP contribution in [0.15, 0.2) is 42.0 Å². The van der Waals surface area contributed by atoms with Gasteiger partial charge in [-0.25, -0.2) is 0 Å². The molecular formula is C11H13N2S+. The average Bonchev–Trinajstić information content (AvgIpc) is 2.72. The van der Waals surface area contributed by atoms with Gasteiger partial charge in [0.2, 0.25) is 0 Å². The van der Waals surface area contributed by atoms with E-state index in [0.717, 1.165) is 13.1 Å². The molecule has 2 nitrogen and oxygen atoms in total. The first-order valence-corrected chi connectivity index (χ1v) is 5.56. The highest BCUT2D eigenvalue weighted by atomic mass is 32.1. The molecule has 72 valence electrons. The van der Waals surface area contributed by atoms with Crippen LogP contribution in [-0.4, -0.2) is 4.98 Å². The quantitative estimate of drug-likeness (QED) is 0.803. The average molecular weight is 205 g/mol. The van der Waals surface area contributed by atoms with E-state index in [4.69, 9.17) is 0 Å². The van der Waals surface area contributed by atoms with E-state index in [9.17, 15) is 0 Å². The molecule has 2 rings (SSSR count). The predicted octanol–water partition coefficient (Wildman–Crippen LogP) is 1.41. The molecule has 0 saturated heterocycles. The highest BCUT2D eigenvalue weighted by Gasteiger charge is 1.96. The van der Waals surface area contributed by atoms with Gasteiger partial charge in [-0.05, 0) is 23.6 Å². The van der Waals surface area contributed by atoms with Crippen molar-refractivity contribution in [3.8, 4) is 0 Å². The monoisotopic (exact) mass is 205 g/mol. The number of thiophene rings is 1. The minimum absolute atomic E-state index is 1.03. The van der Waals surface area contributed by atoms with E-state index in [1.165, 1.54) is 10.4 Å². The summed E-state index contributed by atoms with van der Waals surface area (Å²) in [5.74, 6) is 0. The third-order valence-corrected chi connectivity index (χ3v) is 2.95. The Bertz CT molecular complexity index is 356. The van der Waals surface area contributed by atoms with E-state index in [1.807, 2.05) is 23.7 Å². The van der Waals surface area contributed by atoms with Crippen LogP contribution in [0, 0.1) is 0 Å². The third-order valence-electron chi connectivity index (χ3n) is 2.06. The van der Waals surface area contributed by atoms with E-state index < -0.39 is 0 Å². The van der Waals surface area contributed by atoms with E-state index in [-0.39, 0.29) is 0 Å². The number of quaternary nitrogens is 1. The third kappa shape index (κ3) is 2.65. The van der Waals surface area contributed by atoms with Crippen LogP contribution in [0.25, 0.3) is 0 Å². The van der Waals surface area contributed by atoms with Crippen LogP contribution in [-0.2, 0) is 13.1 Å². The van der Waals surface area contributed by atoms with Crippen molar-refractivity contribution in [2.24, 2.45) is 0 Å². The van der Waals surface area contributed by atoms with Crippen LogP contribution in [0.4, 0.5) is 0 Å². The molecular weight excluding hydrogens is 192 g/mol. The summed E-state index contributed by atoms with van der Waals surface area (Å²) >= 11 is 1.81. The number of nitrogens with two attached hydrogens (primary N) is 1. The van der Waals surface area contributed by atoms with Gasteiger partial charge in [-0.3, -0.25) is 4.98 Å². The maximum absolute atomic E-state index is 3.99. The lowest BCUT2D eigenvalue weighted by Crippen LogP contribution is -2.80. The van der Waals surface area contributed by atoms with Gasteiger partial charge in [0.15, 0.2) is 0 Å². The normalized spacial score (nSPS) is 10.3. The lowest BCUT2D eigenvalue weighted by atomic mass is 10.3. The Morgan fingerprint density at radius 1 is 1.14 bits per heavy atom. The maximum atomic E-state index is 3.99. The van der Waals surface area contributed by atoms with Gasteiger partial charge in [0.05, 0.1) is 4.88 Å². The second-order valence-corrected chi connectivity index (χ2v) is 4.16. The summed E-state index contributed by atoms with van der Waals surface area (Å²) in [4.78, 5) is 5.42. The zero-order valence-corrected chi connectivity index (χ0v) is 8.70. The summed E-state index contributed by atoms with van der Waals surface area (Å²) in [6.07, 6.45) is 3.68. The number of hydrogen-bond acceptors (Lipinski definition) is 2. The predicted molar refractivity (Wildman–Crippen MR) is 57.9 cm³/mol. The molecule has 3 heteroatoms. The Morgan fingerprint density at radius 2 is 2.00 bits per heavy atom. The summed E-state index contributed by atoms with van der Waals surface area (Å²) in [7, 11) is 0. The van der Waals surface area contributed by atoms with Crippen LogP contribution in [0.3, 0.4) is 0 Å². The molecule has 0 fully saturated rings. The molecule has 0 amide bonds. The summed E-state index contributed by atoms with van der Waals surface area (Å²) in [6, 6.07) is 8.39. The Balaban J connectivity index is 1.79. The molecule has 0 aliphatic carbocycles. The number of nitrogens with zero attached hydrogens (tertiary/aromatic N) is 1. The largest absolute Gasteiger partial charge is 0.338 e. The van der Waals surface area contributed by atoms with Crippen LogP contribution in [0.5, 0.6) is 0 Å². The topological polar surface area (TPSA) is 29.5 Å². The SMILES string of the molecule is c1csc(C[NH2+]Cc2ccncc2)c1. The van der Waals surface area contributed by atoms with Crippen molar-refractivity contribution in [2.75, 3.05) is 0 Å². The van der Waals surface area contributed by atoms with Gasteiger partial charge in [0, 0.05) is 18.0 Å². The highest BCUT2D eigenvalue weighted by molar-refractivity contribution is 7.09. The lowest BCUT2D eigenvalue weighted by Gasteiger charge is -1.99. The van der Waals surface area contributed by atoms with Gasteiger partial charge in [0.1, 0.15) is 13.1 Å². The molecule has 0 unspecified atom stereocenters. The molecule has 0 aromatic carbocycles. The molecule has 2 heterocycles. The lowest BCUT2D eigenvalue weighted by molar-refractivity contribution is -0.685. The first-order chi connectivity index (χ1) is 6.95. The molecule has 2 aromatic rings. The molecule has 0 radical (unpaired) electrons.